The van der Waals surface area contributed by atoms with Gasteiger partial charge in [0.1, 0.15) is 0 Å². The fraction of sp³-hybridized carbons (Fsp3) is 0.467. The fourth-order valence-electron chi connectivity index (χ4n) is 2.14. The summed E-state index contributed by atoms with van der Waals surface area (Å²) in [5.74, 6) is -0.860. The van der Waals surface area contributed by atoms with Gasteiger partial charge in [-0.1, -0.05) is 31.0 Å². The van der Waals surface area contributed by atoms with Gasteiger partial charge in [0.2, 0.25) is 0 Å². The second-order valence-electron chi connectivity index (χ2n) is 5.71. The molecule has 18 heavy (non-hydrogen) atoms. The Kier molecular flexibility index (Phi) is 4.28. The quantitative estimate of drug-likeness (QED) is 0.813. The molecular weight excluding hydrogens is 228 g/mol. The smallest absolute Gasteiger partial charge is 0.303 e. The average molecular weight is 248 g/mol. The number of carboxylic acid groups (broad SMARTS) is 1. The van der Waals surface area contributed by atoms with Gasteiger partial charge in [0.15, 0.2) is 5.78 Å². The van der Waals surface area contributed by atoms with Crippen molar-refractivity contribution in [1.29, 1.82) is 0 Å². The molecular formula is C15H20O3. The first-order valence-electron chi connectivity index (χ1n) is 6.03. The Labute approximate surface area is 108 Å². The van der Waals surface area contributed by atoms with Crippen LogP contribution in [0.5, 0.6) is 0 Å². The van der Waals surface area contributed by atoms with Crippen molar-refractivity contribution in [2.75, 3.05) is 0 Å². The third-order valence-electron chi connectivity index (χ3n) is 2.81. The molecule has 1 N–H and O–H groups in total. The average Bonchev–Trinajstić information content (AvgIpc) is 2.12. The molecule has 0 radical (unpaired) electrons. The number of carbonyl (C=O) groups is 2. The zero-order valence-corrected chi connectivity index (χ0v) is 11.4. The molecule has 0 bridgehead atoms. The molecule has 0 aromatic heterocycles. The molecule has 0 aliphatic carbocycles. The van der Waals surface area contributed by atoms with Crippen molar-refractivity contribution >= 4 is 11.8 Å². The van der Waals surface area contributed by atoms with Gasteiger partial charge in [0.05, 0.1) is 6.42 Å². The maximum atomic E-state index is 12.2. The Hall–Kier alpha value is -1.64. The number of aliphatic carboxylic acids is 1. The number of aryl methyl sites for hydroxylation is 2. The van der Waals surface area contributed by atoms with Crippen LogP contribution in [0.3, 0.4) is 0 Å². The number of carboxylic acids is 1. The molecule has 0 atom stereocenters. The topological polar surface area (TPSA) is 54.4 Å². The molecule has 1 aromatic carbocycles. The lowest BCUT2D eigenvalue weighted by atomic mass is 9.82. The van der Waals surface area contributed by atoms with Crippen LogP contribution in [0.15, 0.2) is 18.2 Å². The van der Waals surface area contributed by atoms with E-state index in [1.54, 1.807) is 0 Å². The van der Waals surface area contributed by atoms with Crippen LogP contribution in [-0.4, -0.2) is 16.9 Å². The highest BCUT2D eigenvalue weighted by atomic mass is 16.4. The lowest BCUT2D eigenvalue weighted by molar-refractivity contribution is -0.139. The van der Waals surface area contributed by atoms with E-state index < -0.39 is 11.4 Å². The maximum Gasteiger partial charge on any atom is 0.303 e. The Bertz CT molecular complexity index is 452. The van der Waals surface area contributed by atoms with Gasteiger partial charge in [-0.15, -0.1) is 0 Å². The highest BCUT2D eigenvalue weighted by molar-refractivity contribution is 5.97. The molecule has 0 heterocycles. The molecule has 98 valence electrons. The summed E-state index contributed by atoms with van der Waals surface area (Å²) in [6.45, 7) is 7.52. The van der Waals surface area contributed by atoms with Gasteiger partial charge in [-0.25, -0.2) is 0 Å². The van der Waals surface area contributed by atoms with E-state index in [-0.39, 0.29) is 18.6 Å². The number of benzene rings is 1. The van der Waals surface area contributed by atoms with E-state index in [1.165, 1.54) is 0 Å². The highest BCUT2D eigenvalue weighted by Crippen LogP contribution is 2.27. The van der Waals surface area contributed by atoms with Gasteiger partial charge in [0, 0.05) is 12.0 Å². The monoisotopic (exact) mass is 248 g/mol. The van der Waals surface area contributed by atoms with Gasteiger partial charge in [0.25, 0.3) is 0 Å². The van der Waals surface area contributed by atoms with E-state index in [2.05, 4.69) is 0 Å². The predicted octanol–water partition coefficient (Wildman–Crippen LogP) is 3.38. The summed E-state index contributed by atoms with van der Waals surface area (Å²) in [7, 11) is 0. The Morgan fingerprint density at radius 3 is 2.00 bits per heavy atom. The van der Waals surface area contributed by atoms with Crippen molar-refractivity contribution in [3.63, 3.8) is 0 Å². The van der Waals surface area contributed by atoms with Crippen molar-refractivity contribution in [2.45, 2.75) is 40.5 Å². The van der Waals surface area contributed by atoms with Gasteiger partial charge >= 0.3 is 5.97 Å². The second-order valence-corrected chi connectivity index (χ2v) is 5.71. The zero-order chi connectivity index (χ0) is 13.9. The summed E-state index contributed by atoms with van der Waals surface area (Å²) in [5.41, 5.74) is 2.26. The third-order valence-corrected chi connectivity index (χ3v) is 2.81. The molecule has 0 unspecified atom stereocenters. The first kappa shape index (κ1) is 14.4. The molecule has 0 saturated heterocycles. The van der Waals surface area contributed by atoms with Crippen LogP contribution in [0, 0.1) is 19.3 Å². The molecule has 0 aliphatic rings. The molecule has 0 amide bonds. The van der Waals surface area contributed by atoms with Crippen LogP contribution in [0.25, 0.3) is 0 Å². The van der Waals surface area contributed by atoms with E-state index in [4.69, 9.17) is 5.11 Å². The minimum Gasteiger partial charge on any atom is -0.481 e. The summed E-state index contributed by atoms with van der Waals surface area (Å²) in [6.07, 6.45) is 0.256. The van der Waals surface area contributed by atoms with Crippen molar-refractivity contribution < 1.29 is 14.7 Å². The van der Waals surface area contributed by atoms with Gasteiger partial charge in [-0.05, 0) is 31.4 Å². The molecule has 0 spiro atoms. The number of hydrogen-bond donors (Lipinski definition) is 1. The first-order chi connectivity index (χ1) is 8.19. The maximum absolute atomic E-state index is 12.2. The summed E-state index contributed by atoms with van der Waals surface area (Å²) in [4.78, 5) is 22.9. The van der Waals surface area contributed by atoms with Crippen LogP contribution in [-0.2, 0) is 4.79 Å². The van der Waals surface area contributed by atoms with Crippen LogP contribution >= 0.6 is 0 Å². The zero-order valence-electron chi connectivity index (χ0n) is 11.4. The predicted molar refractivity (Wildman–Crippen MR) is 70.9 cm³/mol. The summed E-state index contributed by atoms with van der Waals surface area (Å²) in [5, 5.41) is 8.81. The molecule has 3 heteroatoms. The molecule has 0 aliphatic heterocycles. The molecule has 0 saturated carbocycles. The van der Waals surface area contributed by atoms with Crippen molar-refractivity contribution in [2.24, 2.45) is 5.41 Å². The van der Waals surface area contributed by atoms with Crippen molar-refractivity contribution in [3.05, 3.63) is 34.9 Å². The summed E-state index contributed by atoms with van der Waals surface area (Å²) < 4.78 is 0. The largest absolute Gasteiger partial charge is 0.481 e. The Morgan fingerprint density at radius 2 is 1.56 bits per heavy atom. The molecule has 3 nitrogen and oxygen atoms in total. The highest BCUT2D eigenvalue weighted by Gasteiger charge is 2.25. The van der Waals surface area contributed by atoms with E-state index >= 15 is 0 Å². The lowest BCUT2D eigenvalue weighted by Crippen LogP contribution is -2.21. The van der Waals surface area contributed by atoms with E-state index in [0.29, 0.717) is 5.56 Å². The van der Waals surface area contributed by atoms with Crippen LogP contribution in [0.1, 0.15) is 48.2 Å². The summed E-state index contributed by atoms with van der Waals surface area (Å²) in [6, 6.07) is 5.72. The van der Waals surface area contributed by atoms with Crippen LogP contribution in [0.2, 0.25) is 0 Å². The molecule has 0 fully saturated rings. The number of rotatable bonds is 5. The third kappa shape index (κ3) is 4.32. The van der Waals surface area contributed by atoms with E-state index in [9.17, 15) is 9.59 Å². The van der Waals surface area contributed by atoms with Crippen molar-refractivity contribution in [3.8, 4) is 0 Å². The van der Waals surface area contributed by atoms with Gasteiger partial charge in [-0.2, -0.15) is 0 Å². The SMILES string of the molecule is Cc1cc(C)cc(C(=O)CC(C)(C)CC(=O)O)c1. The number of Topliss-reactive ketones (excluding diaryl/α,β-unsaturated/α-hetero) is 1. The fourth-order valence-corrected chi connectivity index (χ4v) is 2.14. The Morgan fingerprint density at radius 1 is 1.06 bits per heavy atom. The Balaban J connectivity index is 2.85. The molecule has 1 rings (SSSR count). The van der Waals surface area contributed by atoms with Crippen molar-refractivity contribution in [1.82, 2.24) is 0 Å². The normalized spacial score (nSPS) is 11.3. The van der Waals surface area contributed by atoms with E-state index in [1.807, 2.05) is 45.9 Å². The van der Waals surface area contributed by atoms with E-state index in [0.717, 1.165) is 11.1 Å². The van der Waals surface area contributed by atoms with Gasteiger partial charge in [-0.3, -0.25) is 9.59 Å². The molecule has 1 aromatic rings. The first-order valence-corrected chi connectivity index (χ1v) is 6.03. The number of hydrogen-bond acceptors (Lipinski definition) is 2. The van der Waals surface area contributed by atoms with Gasteiger partial charge < -0.3 is 5.11 Å². The number of carbonyl (C=O) groups excluding carboxylic acids is 1. The number of ketones is 1. The van der Waals surface area contributed by atoms with Crippen LogP contribution < -0.4 is 0 Å². The van der Waals surface area contributed by atoms with Crippen LogP contribution in [0.4, 0.5) is 0 Å². The second kappa shape index (κ2) is 5.34. The minimum absolute atomic E-state index is 0.00351. The lowest BCUT2D eigenvalue weighted by Gasteiger charge is -2.21. The summed E-state index contributed by atoms with van der Waals surface area (Å²) >= 11 is 0. The minimum atomic E-state index is -0.867. The standard InChI is InChI=1S/C15H20O3/c1-10-5-11(2)7-12(6-10)13(16)8-15(3,4)9-14(17)18/h5-7H,8-9H2,1-4H3,(H,17,18).